The maximum absolute atomic E-state index is 11.3. The lowest BCUT2D eigenvalue weighted by atomic mass is 10.2. The molecule has 1 heterocycles. The van der Waals surface area contributed by atoms with Crippen LogP contribution in [0, 0.1) is 0 Å². The van der Waals surface area contributed by atoms with Gasteiger partial charge in [0.25, 0.3) is 0 Å². The van der Waals surface area contributed by atoms with Crippen LogP contribution in [0.15, 0.2) is 65.5 Å². The minimum atomic E-state index is -0.627. The molecule has 3 aromatic rings. The summed E-state index contributed by atoms with van der Waals surface area (Å²) in [7, 11) is 0. The van der Waals surface area contributed by atoms with Gasteiger partial charge in [-0.2, -0.15) is 0 Å². The smallest absolute Gasteiger partial charge is 0.248 e. The van der Waals surface area contributed by atoms with Crippen molar-refractivity contribution in [2.24, 2.45) is 0 Å². The predicted octanol–water partition coefficient (Wildman–Crippen LogP) is 1.94. The third-order valence-electron chi connectivity index (χ3n) is 3.81. The van der Waals surface area contributed by atoms with Crippen molar-refractivity contribution in [2.75, 3.05) is 26.3 Å². The summed E-state index contributed by atoms with van der Waals surface area (Å²) in [6, 6.07) is 18.2. The summed E-state index contributed by atoms with van der Waals surface area (Å²) in [5, 5.41) is 14.0. The molecule has 0 saturated heterocycles. The van der Waals surface area contributed by atoms with E-state index in [0.717, 1.165) is 16.7 Å². The van der Waals surface area contributed by atoms with E-state index in [9.17, 15) is 9.90 Å². The van der Waals surface area contributed by atoms with Crippen LogP contribution in [-0.2, 0) is 0 Å². The average Bonchev–Trinajstić information content (AvgIpc) is 2.67. The number of aromatic amines is 1. The molecule has 136 valence electrons. The molecule has 0 aliphatic heterocycles. The first-order chi connectivity index (χ1) is 12.7. The highest BCUT2D eigenvalue weighted by molar-refractivity contribution is 5.79. The van der Waals surface area contributed by atoms with Gasteiger partial charge in [0.15, 0.2) is 0 Å². The van der Waals surface area contributed by atoms with Gasteiger partial charge >= 0.3 is 0 Å². The molecular formula is C20H22N2O4. The summed E-state index contributed by atoms with van der Waals surface area (Å²) in [6.07, 6.45) is -0.627. The van der Waals surface area contributed by atoms with Crippen LogP contribution < -0.4 is 20.3 Å². The van der Waals surface area contributed by atoms with Gasteiger partial charge in [0, 0.05) is 30.1 Å². The van der Waals surface area contributed by atoms with Crippen molar-refractivity contribution in [3.63, 3.8) is 0 Å². The predicted molar refractivity (Wildman–Crippen MR) is 101 cm³/mol. The first-order valence-corrected chi connectivity index (χ1v) is 8.53. The number of aliphatic hydroxyl groups excluding tert-OH is 1. The number of hydrogen-bond acceptors (Lipinski definition) is 5. The molecule has 26 heavy (non-hydrogen) atoms. The maximum atomic E-state index is 11.3. The molecule has 3 N–H and O–H groups in total. The minimum absolute atomic E-state index is 0.135. The minimum Gasteiger partial charge on any atom is -0.492 e. The highest BCUT2D eigenvalue weighted by Gasteiger charge is 2.06. The Bertz CT molecular complexity index is 880. The van der Waals surface area contributed by atoms with Gasteiger partial charge in [0.2, 0.25) is 5.56 Å². The number of aliphatic hydroxyl groups is 1. The molecule has 1 aromatic heterocycles. The highest BCUT2D eigenvalue weighted by atomic mass is 16.5. The molecule has 0 fully saturated rings. The summed E-state index contributed by atoms with van der Waals surface area (Å²) in [5.41, 5.74) is 0.620. The molecular weight excluding hydrogens is 332 g/mol. The molecule has 6 nitrogen and oxygen atoms in total. The number of rotatable bonds is 9. The Labute approximate surface area is 151 Å². The SMILES string of the molecule is O=c1ccc2cc(OCC(O)CNCCOc3ccccc3)ccc2[nH]1. The fourth-order valence-electron chi connectivity index (χ4n) is 2.50. The monoisotopic (exact) mass is 354 g/mol. The number of benzene rings is 2. The zero-order valence-corrected chi connectivity index (χ0v) is 14.4. The molecule has 0 spiro atoms. The number of H-pyrrole nitrogens is 1. The van der Waals surface area contributed by atoms with Gasteiger partial charge in [-0.15, -0.1) is 0 Å². The van der Waals surface area contributed by atoms with Gasteiger partial charge in [-0.3, -0.25) is 4.79 Å². The largest absolute Gasteiger partial charge is 0.492 e. The number of para-hydroxylation sites is 1. The maximum Gasteiger partial charge on any atom is 0.248 e. The molecule has 0 saturated carbocycles. The van der Waals surface area contributed by atoms with Crippen LogP contribution in [-0.4, -0.2) is 42.5 Å². The van der Waals surface area contributed by atoms with Gasteiger partial charge in [-0.1, -0.05) is 18.2 Å². The topological polar surface area (TPSA) is 83.6 Å². The van der Waals surface area contributed by atoms with Gasteiger partial charge in [0.05, 0.1) is 0 Å². The van der Waals surface area contributed by atoms with E-state index >= 15 is 0 Å². The number of pyridine rings is 1. The fourth-order valence-corrected chi connectivity index (χ4v) is 2.50. The van der Waals surface area contributed by atoms with E-state index in [1.807, 2.05) is 36.4 Å². The molecule has 0 aliphatic carbocycles. The average molecular weight is 354 g/mol. The first-order valence-electron chi connectivity index (χ1n) is 8.53. The number of nitrogens with one attached hydrogen (secondary N) is 2. The van der Waals surface area contributed by atoms with Crippen LogP contribution in [0.5, 0.6) is 11.5 Å². The van der Waals surface area contributed by atoms with Crippen molar-refractivity contribution in [3.8, 4) is 11.5 Å². The summed E-state index contributed by atoms with van der Waals surface area (Å²) in [5.74, 6) is 1.48. The Morgan fingerprint density at radius 2 is 1.85 bits per heavy atom. The third-order valence-corrected chi connectivity index (χ3v) is 3.81. The van der Waals surface area contributed by atoms with E-state index in [-0.39, 0.29) is 12.2 Å². The standard InChI is InChI=1S/C20H22N2O4/c23-16(13-21-10-11-25-17-4-2-1-3-5-17)14-26-18-7-8-19-15(12-18)6-9-20(24)22-19/h1-9,12,16,21,23H,10-11,13-14H2,(H,22,24). The molecule has 3 rings (SSSR count). The second-order valence-corrected chi connectivity index (χ2v) is 5.90. The van der Waals surface area contributed by atoms with Crippen LogP contribution in [0.4, 0.5) is 0 Å². The lowest BCUT2D eigenvalue weighted by molar-refractivity contribution is 0.105. The van der Waals surface area contributed by atoms with E-state index in [2.05, 4.69) is 10.3 Å². The molecule has 1 unspecified atom stereocenters. The van der Waals surface area contributed by atoms with E-state index < -0.39 is 6.10 Å². The van der Waals surface area contributed by atoms with Crippen molar-refractivity contribution in [1.82, 2.24) is 10.3 Å². The zero-order chi connectivity index (χ0) is 18.2. The van der Waals surface area contributed by atoms with E-state index in [1.54, 1.807) is 18.2 Å². The lowest BCUT2D eigenvalue weighted by Crippen LogP contribution is -2.33. The summed E-state index contributed by atoms with van der Waals surface area (Å²) in [6.45, 7) is 1.76. The Morgan fingerprint density at radius 1 is 1.00 bits per heavy atom. The molecule has 1 atom stereocenters. The van der Waals surface area contributed by atoms with Crippen molar-refractivity contribution in [2.45, 2.75) is 6.10 Å². The Kier molecular flexibility index (Phi) is 6.24. The third kappa shape index (κ3) is 5.34. The summed E-state index contributed by atoms with van der Waals surface area (Å²) >= 11 is 0. The Balaban J connectivity index is 1.36. The zero-order valence-electron chi connectivity index (χ0n) is 14.4. The van der Waals surface area contributed by atoms with Crippen molar-refractivity contribution >= 4 is 10.9 Å². The fraction of sp³-hybridized carbons (Fsp3) is 0.250. The molecule has 0 aliphatic rings. The number of fused-ring (bicyclic) bond motifs is 1. The van der Waals surface area contributed by atoms with Crippen LogP contribution in [0.2, 0.25) is 0 Å². The van der Waals surface area contributed by atoms with Crippen LogP contribution in [0.3, 0.4) is 0 Å². The quantitative estimate of drug-likeness (QED) is 0.512. The summed E-state index contributed by atoms with van der Waals surface area (Å²) in [4.78, 5) is 14.0. The lowest BCUT2D eigenvalue weighted by Gasteiger charge is -2.14. The second kappa shape index (κ2) is 9.03. The first kappa shape index (κ1) is 18.0. The number of hydrogen-bond donors (Lipinski definition) is 3. The second-order valence-electron chi connectivity index (χ2n) is 5.90. The number of ether oxygens (including phenoxy) is 2. The molecule has 2 aromatic carbocycles. The van der Waals surface area contributed by atoms with Crippen LogP contribution in [0.1, 0.15) is 0 Å². The highest BCUT2D eigenvalue weighted by Crippen LogP contribution is 2.18. The molecule has 0 radical (unpaired) electrons. The van der Waals surface area contributed by atoms with Crippen molar-refractivity contribution in [3.05, 3.63) is 71.0 Å². The van der Waals surface area contributed by atoms with E-state index in [0.29, 0.717) is 25.4 Å². The van der Waals surface area contributed by atoms with Gasteiger partial charge in [-0.25, -0.2) is 0 Å². The van der Waals surface area contributed by atoms with E-state index in [4.69, 9.17) is 9.47 Å². The Hall–Kier alpha value is -2.83. The van der Waals surface area contributed by atoms with Gasteiger partial charge in [-0.05, 0) is 36.4 Å². The normalized spacial score (nSPS) is 12.0. The van der Waals surface area contributed by atoms with E-state index in [1.165, 1.54) is 6.07 Å². The summed E-state index contributed by atoms with van der Waals surface area (Å²) < 4.78 is 11.2. The van der Waals surface area contributed by atoms with Crippen LogP contribution in [0.25, 0.3) is 10.9 Å². The van der Waals surface area contributed by atoms with Crippen LogP contribution >= 0.6 is 0 Å². The number of aromatic nitrogens is 1. The molecule has 0 amide bonds. The van der Waals surface area contributed by atoms with Crippen molar-refractivity contribution in [1.29, 1.82) is 0 Å². The molecule has 0 bridgehead atoms. The molecule has 6 heteroatoms. The Morgan fingerprint density at radius 3 is 2.69 bits per heavy atom. The van der Waals surface area contributed by atoms with Gasteiger partial charge in [0.1, 0.15) is 30.8 Å². The van der Waals surface area contributed by atoms with Gasteiger partial charge < -0.3 is 24.9 Å². The van der Waals surface area contributed by atoms with Crippen molar-refractivity contribution < 1.29 is 14.6 Å².